The summed E-state index contributed by atoms with van der Waals surface area (Å²) in [5.41, 5.74) is 0.916. The van der Waals surface area contributed by atoms with Crippen molar-refractivity contribution in [2.45, 2.75) is 69.7 Å². The number of hydrogen-bond acceptors (Lipinski definition) is 8. The largest absolute Gasteiger partial charge is 0.394 e. The Morgan fingerprint density at radius 3 is 2.55 bits per heavy atom. The second-order valence-electron chi connectivity index (χ2n) is 9.05. The van der Waals surface area contributed by atoms with Gasteiger partial charge < -0.3 is 19.8 Å². The van der Waals surface area contributed by atoms with Crippen LogP contribution in [0.25, 0.3) is 0 Å². The Morgan fingerprint density at radius 1 is 1.19 bits per heavy atom. The molecule has 2 atom stereocenters. The minimum atomic E-state index is -0.852. The van der Waals surface area contributed by atoms with Crippen molar-refractivity contribution in [3.05, 3.63) is 17.4 Å². The highest BCUT2D eigenvalue weighted by molar-refractivity contribution is 7.85. The molecule has 0 bridgehead atoms. The molecule has 31 heavy (non-hydrogen) atoms. The van der Waals surface area contributed by atoms with Gasteiger partial charge in [-0.2, -0.15) is 9.97 Å². The van der Waals surface area contributed by atoms with E-state index in [0.29, 0.717) is 17.5 Å². The summed E-state index contributed by atoms with van der Waals surface area (Å²) in [4.78, 5) is 17.2. The lowest BCUT2D eigenvalue weighted by atomic mass is 9.97. The first-order valence-electron chi connectivity index (χ1n) is 11.1. The molecular formula is C21H33N6O3S+. The number of aromatic nitrogens is 4. The zero-order valence-electron chi connectivity index (χ0n) is 18.7. The topological polar surface area (TPSA) is 122 Å². The van der Waals surface area contributed by atoms with E-state index in [0.717, 1.165) is 54.7 Å². The highest BCUT2D eigenvalue weighted by Gasteiger charge is 2.33. The van der Waals surface area contributed by atoms with E-state index in [1.807, 2.05) is 0 Å². The molecule has 2 aromatic heterocycles. The van der Waals surface area contributed by atoms with E-state index in [-0.39, 0.29) is 30.4 Å². The smallest absolute Gasteiger partial charge is 0.229 e. The number of rotatable bonds is 7. The third-order valence-corrected chi connectivity index (χ3v) is 7.61. The molecule has 10 heteroatoms. The van der Waals surface area contributed by atoms with Gasteiger partial charge in [-0.25, -0.2) is 9.19 Å². The third kappa shape index (κ3) is 4.59. The van der Waals surface area contributed by atoms with Crippen molar-refractivity contribution in [2.24, 2.45) is 5.92 Å². The summed E-state index contributed by atoms with van der Waals surface area (Å²) in [5, 5.41) is 17.2. The van der Waals surface area contributed by atoms with Crippen molar-refractivity contribution >= 4 is 22.6 Å². The molecule has 9 nitrogen and oxygen atoms in total. The molecule has 1 saturated heterocycles. The van der Waals surface area contributed by atoms with Gasteiger partial charge in [0.15, 0.2) is 16.5 Å². The Bertz CT molecular complexity index is 939. The predicted octanol–water partition coefficient (Wildman–Crippen LogP) is 2.62. The molecule has 2 aliphatic heterocycles. The van der Waals surface area contributed by atoms with Crippen molar-refractivity contribution in [3.63, 3.8) is 0 Å². The van der Waals surface area contributed by atoms with Crippen LogP contribution >= 0.6 is 0 Å². The third-order valence-electron chi connectivity index (χ3n) is 6.12. The molecule has 0 amide bonds. The lowest BCUT2D eigenvalue weighted by Gasteiger charge is -2.31. The maximum absolute atomic E-state index is 10.5. The fraction of sp³-hybridized carbons (Fsp3) is 0.714. The lowest BCUT2D eigenvalue weighted by Crippen LogP contribution is -2.35. The maximum Gasteiger partial charge on any atom is 0.229 e. The van der Waals surface area contributed by atoms with Gasteiger partial charge in [0, 0.05) is 31.3 Å². The number of aliphatic hydroxyl groups excluding tert-OH is 1. The summed E-state index contributed by atoms with van der Waals surface area (Å²) in [6, 6.07) is -0.122. The second-order valence-corrected chi connectivity index (χ2v) is 10.6. The molecule has 170 valence electrons. The molecule has 1 unspecified atom stereocenters. The Morgan fingerprint density at radius 2 is 1.94 bits per heavy atom. The first kappa shape index (κ1) is 22.1. The van der Waals surface area contributed by atoms with Crippen LogP contribution in [-0.2, 0) is 17.2 Å². The minimum Gasteiger partial charge on any atom is -0.394 e. The van der Waals surface area contributed by atoms with E-state index in [4.69, 9.17) is 14.5 Å². The fourth-order valence-corrected chi connectivity index (χ4v) is 5.35. The molecule has 0 spiro atoms. The van der Waals surface area contributed by atoms with Crippen molar-refractivity contribution in [3.8, 4) is 0 Å². The van der Waals surface area contributed by atoms with Gasteiger partial charge in [-0.05, 0) is 18.8 Å². The average Bonchev–Trinajstić information content (AvgIpc) is 3.39. The Balaban J connectivity index is 1.52. The number of nitrogens with one attached hydrogen (secondary N) is 1. The van der Waals surface area contributed by atoms with Crippen molar-refractivity contribution < 1.29 is 13.8 Å². The van der Waals surface area contributed by atoms with Crippen LogP contribution in [0.2, 0.25) is 0 Å². The molecule has 2 aromatic rings. The van der Waals surface area contributed by atoms with E-state index >= 15 is 0 Å². The number of hydrogen-bond donors (Lipinski definition) is 2. The van der Waals surface area contributed by atoms with Gasteiger partial charge in [0.05, 0.1) is 24.1 Å². The van der Waals surface area contributed by atoms with Gasteiger partial charge in [0.1, 0.15) is 0 Å². The second kappa shape index (κ2) is 9.20. The fourth-order valence-electron chi connectivity index (χ4n) is 4.01. The number of fused-ring (bicyclic) bond motifs is 1. The van der Waals surface area contributed by atoms with Gasteiger partial charge in [0.25, 0.3) is 0 Å². The summed E-state index contributed by atoms with van der Waals surface area (Å²) in [6.45, 7) is 9.86. The molecule has 0 aromatic carbocycles. The highest BCUT2D eigenvalue weighted by Crippen LogP contribution is 2.33. The van der Waals surface area contributed by atoms with Gasteiger partial charge in [-0.15, -0.1) is 0 Å². The van der Waals surface area contributed by atoms with Gasteiger partial charge in [0.2, 0.25) is 22.6 Å². The number of anilines is 2. The SMILES string of the molecule is CC(C)c1noc(C2CCN(c3nc4c(c(N[C@@H](CO)C(C)C)n3)S(=[OH+])CC4)CC2)n1. The Hall–Kier alpha value is -2.07. The van der Waals surface area contributed by atoms with Crippen LogP contribution in [0.5, 0.6) is 0 Å². The quantitative estimate of drug-likeness (QED) is 0.619. The molecule has 2 aliphatic rings. The number of nitrogens with zero attached hydrogens (tertiary/aromatic N) is 5. The van der Waals surface area contributed by atoms with Crippen LogP contribution in [0, 0.1) is 5.92 Å². The number of aliphatic hydroxyl groups is 1. The number of aryl methyl sites for hydroxylation is 1. The standard InChI is InChI=1S/C21H32N6O3S/c1-12(2)16(11-28)22-19-17-15(7-10-31(17)29)23-21(25-19)27-8-5-14(6-9-27)20-24-18(13(3)4)26-30-20/h12-14,16,28H,5-11H2,1-4H3,(H,22,23,25)/p+1/t16-,31?/m0/s1. The van der Waals surface area contributed by atoms with Crippen LogP contribution in [0.3, 0.4) is 0 Å². The predicted molar refractivity (Wildman–Crippen MR) is 120 cm³/mol. The van der Waals surface area contributed by atoms with Crippen LogP contribution in [-0.4, -0.2) is 60.9 Å². The number of piperidine rings is 1. The molecule has 1 fully saturated rings. The van der Waals surface area contributed by atoms with E-state index in [1.54, 1.807) is 0 Å². The maximum atomic E-state index is 10.5. The zero-order chi connectivity index (χ0) is 22.1. The van der Waals surface area contributed by atoms with E-state index in [2.05, 4.69) is 48.1 Å². The lowest BCUT2D eigenvalue weighted by molar-refractivity contribution is 0.249. The van der Waals surface area contributed by atoms with Crippen molar-refractivity contribution in [2.75, 3.05) is 35.7 Å². The summed E-state index contributed by atoms with van der Waals surface area (Å²) in [5.74, 6) is 4.28. The molecule has 0 radical (unpaired) electrons. The van der Waals surface area contributed by atoms with Gasteiger partial charge in [-0.1, -0.05) is 32.9 Å². The van der Waals surface area contributed by atoms with Crippen molar-refractivity contribution in [1.29, 1.82) is 0 Å². The molecule has 4 rings (SSSR count). The first-order chi connectivity index (χ1) is 14.9. The summed E-state index contributed by atoms with van der Waals surface area (Å²) < 4.78 is 16.0. The summed E-state index contributed by atoms with van der Waals surface area (Å²) in [6.07, 6.45) is 2.55. The monoisotopic (exact) mass is 449 g/mol. The van der Waals surface area contributed by atoms with Crippen LogP contribution in [0.15, 0.2) is 9.42 Å². The molecular weight excluding hydrogens is 416 g/mol. The average molecular weight is 450 g/mol. The Kier molecular flexibility index (Phi) is 6.57. The van der Waals surface area contributed by atoms with Crippen LogP contribution in [0.1, 0.15) is 69.8 Å². The molecule has 3 N–H and O–H groups in total. The van der Waals surface area contributed by atoms with Crippen molar-refractivity contribution in [1.82, 2.24) is 20.1 Å². The summed E-state index contributed by atoms with van der Waals surface area (Å²) in [7, 11) is -0.852. The normalized spacial score (nSPS) is 20.5. The van der Waals surface area contributed by atoms with E-state index < -0.39 is 10.8 Å². The first-order valence-corrected chi connectivity index (χ1v) is 12.5. The zero-order valence-corrected chi connectivity index (χ0v) is 19.5. The van der Waals surface area contributed by atoms with E-state index in [1.165, 1.54) is 0 Å². The molecule has 0 aliphatic carbocycles. The highest BCUT2D eigenvalue weighted by atomic mass is 32.2. The van der Waals surface area contributed by atoms with Crippen LogP contribution < -0.4 is 10.2 Å². The Labute approximate surface area is 185 Å². The van der Waals surface area contributed by atoms with Gasteiger partial charge in [-0.3, -0.25) is 0 Å². The summed E-state index contributed by atoms with van der Waals surface area (Å²) >= 11 is 0. The molecule has 4 heterocycles. The van der Waals surface area contributed by atoms with Gasteiger partial charge >= 0.3 is 0 Å². The van der Waals surface area contributed by atoms with Crippen LogP contribution in [0.4, 0.5) is 11.8 Å². The molecule has 0 saturated carbocycles. The van der Waals surface area contributed by atoms with E-state index in [9.17, 15) is 9.32 Å². The minimum absolute atomic E-state index is 0.0128.